The smallest absolute Gasteiger partial charge is 0.255 e. The van der Waals surface area contributed by atoms with Crippen molar-refractivity contribution in [1.82, 2.24) is 14.8 Å². The number of carbonyl (C=O) groups excluding carboxylic acids is 3. The third kappa shape index (κ3) is 3.75. The van der Waals surface area contributed by atoms with Crippen LogP contribution in [0.3, 0.4) is 0 Å². The minimum absolute atomic E-state index is 0.153. The van der Waals surface area contributed by atoms with Gasteiger partial charge in [-0.1, -0.05) is 35.9 Å². The van der Waals surface area contributed by atoms with E-state index in [1.165, 1.54) is 0 Å². The molecule has 3 amide bonds. The van der Waals surface area contributed by atoms with Crippen LogP contribution in [0.2, 0.25) is 5.02 Å². The Morgan fingerprint density at radius 2 is 1.90 bits per heavy atom. The number of carbonyl (C=O) groups is 3. The summed E-state index contributed by atoms with van der Waals surface area (Å²) in [5.74, 6) is -0.824. The molecular weight excluding hydrogens is 414 g/mol. The van der Waals surface area contributed by atoms with Gasteiger partial charge in [-0.3, -0.25) is 19.7 Å². The van der Waals surface area contributed by atoms with E-state index in [1.54, 1.807) is 4.90 Å². The minimum Gasteiger partial charge on any atom is -0.349 e. The number of hydrogen-bond donors (Lipinski definition) is 1. The maximum Gasteiger partial charge on any atom is 0.255 e. The van der Waals surface area contributed by atoms with Crippen LogP contribution < -0.4 is 5.32 Å². The summed E-state index contributed by atoms with van der Waals surface area (Å²) in [6.45, 7) is 1.05. The number of imide groups is 1. The van der Waals surface area contributed by atoms with Crippen LogP contribution in [-0.4, -0.2) is 33.2 Å². The molecule has 1 fully saturated rings. The van der Waals surface area contributed by atoms with E-state index >= 15 is 0 Å². The van der Waals surface area contributed by atoms with Crippen molar-refractivity contribution in [2.45, 2.75) is 32.0 Å². The fraction of sp³-hybridized carbons (Fsp3) is 0.208. The molecule has 2 aromatic carbocycles. The molecule has 1 atom stereocenters. The van der Waals surface area contributed by atoms with Crippen molar-refractivity contribution in [1.29, 1.82) is 0 Å². The molecule has 2 aliphatic rings. The second-order valence-electron chi connectivity index (χ2n) is 7.97. The normalized spacial score (nSPS) is 18.3. The zero-order chi connectivity index (χ0) is 21.5. The maximum absolute atomic E-state index is 12.8. The minimum atomic E-state index is -0.592. The Morgan fingerprint density at radius 1 is 1.03 bits per heavy atom. The monoisotopic (exact) mass is 433 g/mol. The first-order valence-corrected chi connectivity index (χ1v) is 10.5. The van der Waals surface area contributed by atoms with Gasteiger partial charge in [-0.25, -0.2) is 0 Å². The highest BCUT2D eigenvalue weighted by Gasteiger charge is 2.39. The van der Waals surface area contributed by atoms with Gasteiger partial charge in [0.1, 0.15) is 6.04 Å². The average molecular weight is 434 g/mol. The van der Waals surface area contributed by atoms with Crippen molar-refractivity contribution in [2.75, 3.05) is 0 Å². The highest BCUT2D eigenvalue weighted by molar-refractivity contribution is 6.30. The summed E-state index contributed by atoms with van der Waals surface area (Å²) < 4.78 is 2.09. The van der Waals surface area contributed by atoms with Crippen molar-refractivity contribution in [3.05, 3.63) is 82.6 Å². The summed E-state index contributed by atoms with van der Waals surface area (Å²) in [4.78, 5) is 38.0. The van der Waals surface area contributed by atoms with E-state index < -0.39 is 11.9 Å². The molecule has 2 aliphatic heterocycles. The van der Waals surface area contributed by atoms with Crippen LogP contribution in [0.4, 0.5) is 0 Å². The number of rotatable bonds is 4. The van der Waals surface area contributed by atoms with Gasteiger partial charge < -0.3 is 9.47 Å². The zero-order valence-corrected chi connectivity index (χ0v) is 17.4. The van der Waals surface area contributed by atoms with Gasteiger partial charge in [0.15, 0.2) is 0 Å². The molecule has 0 saturated carbocycles. The molecule has 1 saturated heterocycles. The van der Waals surface area contributed by atoms with E-state index in [1.807, 2.05) is 54.7 Å². The predicted octanol–water partition coefficient (Wildman–Crippen LogP) is 3.62. The summed E-state index contributed by atoms with van der Waals surface area (Å²) in [6.07, 6.45) is 4.71. The van der Waals surface area contributed by atoms with Gasteiger partial charge in [-0.15, -0.1) is 0 Å². The lowest BCUT2D eigenvalue weighted by Crippen LogP contribution is -2.52. The predicted molar refractivity (Wildman–Crippen MR) is 116 cm³/mol. The van der Waals surface area contributed by atoms with Crippen LogP contribution in [0.1, 0.15) is 34.3 Å². The number of halogens is 1. The van der Waals surface area contributed by atoms with Crippen molar-refractivity contribution < 1.29 is 14.4 Å². The fourth-order valence-electron chi connectivity index (χ4n) is 4.31. The quantitative estimate of drug-likeness (QED) is 0.639. The van der Waals surface area contributed by atoms with E-state index in [0.717, 1.165) is 22.3 Å². The summed E-state index contributed by atoms with van der Waals surface area (Å²) in [5.41, 5.74) is 4.76. The number of nitrogens with one attached hydrogen (secondary N) is 1. The summed E-state index contributed by atoms with van der Waals surface area (Å²) in [6, 6.07) is 15.0. The number of piperidine rings is 1. The van der Waals surface area contributed by atoms with Gasteiger partial charge in [-0.2, -0.15) is 0 Å². The first-order valence-electron chi connectivity index (χ1n) is 10.2. The molecule has 0 spiro atoms. The number of benzene rings is 2. The van der Waals surface area contributed by atoms with Gasteiger partial charge >= 0.3 is 0 Å². The first kappa shape index (κ1) is 19.6. The second kappa shape index (κ2) is 7.71. The Labute approximate surface area is 184 Å². The van der Waals surface area contributed by atoms with E-state index in [9.17, 15) is 14.4 Å². The molecular formula is C24H20ClN3O3. The van der Waals surface area contributed by atoms with Crippen molar-refractivity contribution in [2.24, 2.45) is 0 Å². The lowest BCUT2D eigenvalue weighted by Gasteiger charge is -2.29. The van der Waals surface area contributed by atoms with E-state index in [0.29, 0.717) is 30.1 Å². The van der Waals surface area contributed by atoms with E-state index in [4.69, 9.17) is 11.6 Å². The Balaban J connectivity index is 1.33. The SMILES string of the molecule is O=C1CCC(N2Cc3cc(Cn4ccc(-c5cccc(Cl)c5)c4)ccc3C2=O)C(=O)N1. The molecule has 0 radical (unpaired) electrons. The van der Waals surface area contributed by atoms with Crippen LogP contribution >= 0.6 is 11.6 Å². The van der Waals surface area contributed by atoms with Gasteiger partial charge in [0.25, 0.3) is 5.91 Å². The fourth-order valence-corrected chi connectivity index (χ4v) is 4.51. The van der Waals surface area contributed by atoms with E-state index in [-0.39, 0.29) is 18.2 Å². The largest absolute Gasteiger partial charge is 0.349 e. The topological polar surface area (TPSA) is 71.4 Å². The van der Waals surface area contributed by atoms with Crippen molar-refractivity contribution >= 4 is 29.3 Å². The van der Waals surface area contributed by atoms with Gasteiger partial charge in [0, 0.05) is 42.5 Å². The van der Waals surface area contributed by atoms with E-state index in [2.05, 4.69) is 16.1 Å². The maximum atomic E-state index is 12.8. The summed E-state index contributed by atoms with van der Waals surface area (Å²) in [7, 11) is 0. The molecule has 3 aromatic rings. The number of fused-ring (bicyclic) bond motifs is 1. The molecule has 3 heterocycles. The molecule has 6 nitrogen and oxygen atoms in total. The second-order valence-corrected chi connectivity index (χ2v) is 8.41. The molecule has 7 heteroatoms. The van der Waals surface area contributed by atoms with Gasteiger partial charge in [0.2, 0.25) is 11.8 Å². The highest BCUT2D eigenvalue weighted by atomic mass is 35.5. The third-order valence-corrected chi connectivity index (χ3v) is 6.10. The van der Waals surface area contributed by atoms with Gasteiger partial charge in [0.05, 0.1) is 0 Å². The Morgan fingerprint density at radius 3 is 2.71 bits per heavy atom. The number of aromatic nitrogens is 1. The molecule has 1 aromatic heterocycles. The molecule has 0 bridgehead atoms. The number of amides is 3. The zero-order valence-electron chi connectivity index (χ0n) is 16.7. The standard InChI is InChI=1S/C24H20ClN3O3/c25-19-3-1-2-16(11-19)17-8-9-27(13-17)12-15-4-5-20-18(10-15)14-28(24(20)31)21-6-7-22(29)26-23(21)30/h1-5,8-11,13,21H,6-7,12,14H2,(H,26,29,30). The molecule has 1 unspecified atom stereocenters. The Kier molecular flexibility index (Phi) is 4.87. The number of nitrogens with zero attached hydrogens (tertiary/aromatic N) is 2. The van der Waals surface area contributed by atoms with Crippen LogP contribution in [0, 0.1) is 0 Å². The third-order valence-electron chi connectivity index (χ3n) is 5.86. The number of hydrogen-bond acceptors (Lipinski definition) is 3. The Hall–Kier alpha value is -3.38. The highest BCUT2D eigenvalue weighted by Crippen LogP contribution is 2.29. The molecule has 31 heavy (non-hydrogen) atoms. The Bertz CT molecular complexity index is 1220. The molecule has 0 aliphatic carbocycles. The molecule has 156 valence electrons. The molecule has 5 rings (SSSR count). The lowest BCUT2D eigenvalue weighted by molar-refractivity contribution is -0.136. The van der Waals surface area contributed by atoms with Crippen LogP contribution in [0.25, 0.3) is 11.1 Å². The van der Waals surface area contributed by atoms with Crippen LogP contribution in [0.5, 0.6) is 0 Å². The summed E-state index contributed by atoms with van der Waals surface area (Å²) >= 11 is 6.10. The van der Waals surface area contributed by atoms with Crippen LogP contribution in [0.15, 0.2) is 60.9 Å². The molecule has 1 N–H and O–H groups in total. The van der Waals surface area contributed by atoms with Crippen molar-refractivity contribution in [3.8, 4) is 11.1 Å². The summed E-state index contributed by atoms with van der Waals surface area (Å²) in [5, 5.41) is 3.04. The first-order chi connectivity index (χ1) is 15.0. The van der Waals surface area contributed by atoms with Crippen molar-refractivity contribution in [3.63, 3.8) is 0 Å². The van der Waals surface area contributed by atoms with Gasteiger partial charge in [-0.05, 0) is 52.9 Å². The van der Waals surface area contributed by atoms with Crippen LogP contribution in [-0.2, 0) is 22.7 Å². The lowest BCUT2D eigenvalue weighted by atomic mass is 10.0. The average Bonchev–Trinajstić information content (AvgIpc) is 3.33.